The van der Waals surface area contributed by atoms with E-state index in [1.165, 1.54) is 20.2 Å². The first-order valence-corrected chi connectivity index (χ1v) is 9.03. The number of hydrogen-bond acceptors (Lipinski definition) is 4. The lowest BCUT2D eigenvalue weighted by molar-refractivity contribution is 0.0669. The van der Waals surface area contributed by atoms with Gasteiger partial charge in [0.2, 0.25) is 5.09 Å². The van der Waals surface area contributed by atoms with E-state index in [1.54, 1.807) is 6.92 Å². The third-order valence-corrected chi connectivity index (χ3v) is 5.92. The van der Waals surface area contributed by atoms with Crippen LogP contribution in [-0.4, -0.2) is 50.7 Å². The van der Waals surface area contributed by atoms with Crippen molar-refractivity contribution >= 4 is 15.9 Å². The third-order valence-electron chi connectivity index (χ3n) is 4.24. The third kappa shape index (κ3) is 3.20. The van der Waals surface area contributed by atoms with E-state index in [4.69, 9.17) is 4.42 Å². The molecule has 2 heterocycles. The lowest BCUT2D eigenvalue weighted by Crippen LogP contribution is -2.39. The van der Waals surface area contributed by atoms with Crippen molar-refractivity contribution < 1.29 is 17.6 Å². The van der Waals surface area contributed by atoms with Crippen molar-refractivity contribution in [3.05, 3.63) is 17.4 Å². The Balaban J connectivity index is 2.26. The average Bonchev–Trinajstić information content (AvgIpc) is 2.89. The van der Waals surface area contributed by atoms with E-state index in [0.717, 1.165) is 36.7 Å². The molecule has 0 aliphatic carbocycles. The standard InChI is InChI=1S/C15H24N2O4S/c1-5-12-7-6-8-17(10-12)15(18)13-9-14(21-11(13)2)22(19,20)16(3)4/h9,12H,5-8,10H2,1-4H3/t12-/m1/s1. The molecule has 0 saturated carbocycles. The molecule has 0 radical (unpaired) electrons. The highest BCUT2D eigenvalue weighted by atomic mass is 32.2. The zero-order valence-corrected chi connectivity index (χ0v) is 14.4. The number of carbonyl (C=O) groups excluding carboxylic acids is 1. The van der Waals surface area contributed by atoms with Gasteiger partial charge in [-0.1, -0.05) is 13.3 Å². The van der Waals surface area contributed by atoms with E-state index in [1.807, 2.05) is 4.90 Å². The first-order valence-electron chi connectivity index (χ1n) is 7.59. The number of sulfonamides is 1. The quantitative estimate of drug-likeness (QED) is 0.848. The summed E-state index contributed by atoms with van der Waals surface area (Å²) in [4.78, 5) is 14.5. The largest absolute Gasteiger partial charge is 0.448 e. The summed E-state index contributed by atoms with van der Waals surface area (Å²) in [6.45, 7) is 5.21. The molecule has 1 aromatic heterocycles. The number of furan rings is 1. The van der Waals surface area contributed by atoms with E-state index in [0.29, 0.717) is 17.2 Å². The summed E-state index contributed by atoms with van der Waals surface area (Å²) >= 11 is 0. The second-order valence-corrected chi connectivity index (χ2v) is 8.07. The molecule has 1 atom stereocenters. The summed E-state index contributed by atoms with van der Waals surface area (Å²) in [6.07, 6.45) is 3.18. The molecule has 1 amide bonds. The number of hydrogen-bond donors (Lipinski definition) is 0. The molecular weight excluding hydrogens is 304 g/mol. The molecule has 1 saturated heterocycles. The topological polar surface area (TPSA) is 70.8 Å². The van der Waals surface area contributed by atoms with Gasteiger partial charge in [-0.3, -0.25) is 4.79 Å². The molecule has 1 aliphatic rings. The Bertz CT molecular complexity index is 648. The normalized spacial score (nSPS) is 19.7. The van der Waals surface area contributed by atoms with Gasteiger partial charge in [0.05, 0.1) is 5.56 Å². The van der Waals surface area contributed by atoms with Gasteiger partial charge in [0, 0.05) is 33.3 Å². The van der Waals surface area contributed by atoms with Crippen LogP contribution in [-0.2, 0) is 10.0 Å². The summed E-state index contributed by atoms with van der Waals surface area (Å²) < 4.78 is 30.6. The van der Waals surface area contributed by atoms with Crippen molar-refractivity contribution in [2.45, 2.75) is 38.2 Å². The van der Waals surface area contributed by atoms with Gasteiger partial charge >= 0.3 is 0 Å². The van der Waals surface area contributed by atoms with Gasteiger partial charge in [-0.2, -0.15) is 0 Å². The Morgan fingerprint density at radius 2 is 2.14 bits per heavy atom. The van der Waals surface area contributed by atoms with Gasteiger partial charge in [-0.15, -0.1) is 0 Å². The number of carbonyl (C=O) groups is 1. The smallest absolute Gasteiger partial charge is 0.275 e. The number of rotatable bonds is 4. The van der Waals surface area contributed by atoms with Crippen LogP contribution in [0.2, 0.25) is 0 Å². The number of nitrogens with zero attached hydrogens (tertiary/aromatic N) is 2. The van der Waals surface area contributed by atoms with Crippen LogP contribution in [0.4, 0.5) is 0 Å². The van der Waals surface area contributed by atoms with Crippen LogP contribution in [0.1, 0.15) is 42.3 Å². The Morgan fingerprint density at radius 1 is 1.45 bits per heavy atom. The van der Waals surface area contributed by atoms with Gasteiger partial charge in [0.25, 0.3) is 15.9 Å². The molecule has 124 valence electrons. The molecule has 1 fully saturated rings. The summed E-state index contributed by atoms with van der Waals surface area (Å²) in [5.41, 5.74) is 0.345. The molecule has 22 heavy (non-hydrogen) atoms. The van der Waals surface area contributed by atoms with Crippen LogP contribution in [0.3, 0.4) is 0 Å². The monoisotopic (exact) mass is 328 g/mol. The lowest BCUT2D eigenvalue weighted by atomic mass is 9.95. The minimum Gasteiger partial charge on any atom is -0.448 e. The number of amides is 1. The Labute approximate surface area is 132 Å². The van der Waals surface area contributed by atoms with Crippen molar-refractivity contribution in [2.75, 3.05) is 27.2 Å². The van der Waals surface area contributed by atoms with E-state index in [-0.39, 0.29) is 11.0 Å². The average molecular weight is 328 g/mol. The van der Waals surface area contributed by atoms with Crippen LogP contribution in [0.15, 0.2) is 15.6 Å². The van der Waals surface area contributed by atoms with Crippen LogP contribution in [0.25, 0.3) is 0 Å². The fourth-order valence-corrected chi connectivity index (χ4v) is 3.58. The fourth-order valence-electron chi connectivity index (χ4n) is 2.73. The number of likely N-dealkylation sites (tertiary alicyclic amines) is 1. The van der Waals surface area contributed by atoms with Crippen LogP contribution < -0.4 is 0 Å². The van der Waals surface area contributed by atoms with Crippen molar-refractivity contribution in [1.29, 1.82) is 0 Å². The van der Waals surface area contributed by atoms with Gasteiger partial charge in [-0.25, -0.2) is 12.7 Å². The highest BCUT2D eigenvalue weighted by Crippen LogP contribution is 2.25. The Hall–Kier alpha value is -1.34. The molecular formula is C15H24N2O4S. The van der Waals surface area contributed by atoms with Gasteiger partial charge in [0.1, 0.15) is 5.76 Å². The number of aryl methyl sites for hydroxylation is 1. The summed E-state index contributed by atoms with van der Waals surface area (Å²) in [5.74, 6) is 0.735. The van der Waals surface area contributed by atoms with Crippen LogP contribution in [0, 0.1) is 12.8 Å². The molecule has 2 rings (SSSR count). The summed E-state index contributed by atoms with van der Waals surface area (Å²) in [5, 5.41) is -0.178. The van der Waals surface area contributed by atoms with Crippen molar-refractivity contribution in [1.82, 2.24) is 9.21 Å². The lowest BCUT2D eigenvalue weighted by Gasteiger charge is -2.32. The Kier molecular flexibility index (Phi) is 4.97. The molecule has 0 spiro atoms. The molecule has 0 bridgehead atoms. The van der Waals surface area contributed by atoms with E-state index < -0.39 is 10.0 Å². The molecule has 1 aliphatic heterocycles. The summed E-state index contributed by atoms with van der Waals surface area (Å²) in [7, 11) is -0.791. The predicted octanol–water partition coefficient (Wildman–Crippen LogP) is 2.10. The fraction of sp³-hybridized carbons (Fsp3) is 0.667. The molecule has 1 aromatic rings. The van der Waals surface area contributed by atoms with E-state index in [9.17, 15) is 13.2 Å². The maximum Gasteiger partial charge on any atom is 0.275 e. The molecule has 6 nitrogen and oxygen atoms in total. The van der Waals surface area contributed by atoms with Gasteiger partial charge < -0.3 is 9.32 Å². The highest BCUT2D eigenvalue weighted by Gasteiger charge is 2.29. The second-order valence-electron chi connectivity index (χ2n) is 5.99. The van der Waals surface area contributed by atoms with Crippen LogP contribution in [0.5, 0.6) is 0 Å². The molecule has 0 unspecified atom stereocenters. The number of piperidine rings is 1. The van der Waals surface area contributed by atoms with Crippen LogP contribution >= 0.6 is 0 Å². The minimum atomic E-state index is -3.66. The van der Waals surface area contributed by atoms with Gasteiger partial charge in [0.15, 0.2) is 0 Å². The highest BCUT2D eigenvalue weighted by molar-refractivity contribution is 7.88. The predicted molar refractivity (Wildman–Crippen MR) is 83.2 cm³/mol. The SMILES string of the molecule is CC[C@@H]1CCCN(C(=O)c2cc(S(=O)(=O)N(C)C)oc2C)C1. The zero-order chi connectivity index (χ0) is 16.5. The maximum atomic E-state index is 12.6. The molecule has 0 aromatic carbocycles. The van der Waals surface area contributed by atoms with E-state index in [2.05, 4.69) is 6.92 Å². The summed E-state index contributed by atoms with van der Waals surface area (Å²) in [6, 6.07) is 1.35. The van der Waals surface area contributed by atoms with Crippen molar-refractivity contribution in [3.8, 4) is 0 Å². The Morgan fingerprint density at radius 3 is 2.73 bits per heavy atom. The minimum absolute atomic E-state index is 0.139. The first kappa shape index (κ1) is 17.0. The van der Waals surface area contributed by atoms with Crippen molar-refractivity contribution in [2.24, 2.45) is 5.92 Å². The van der Waals surface area contributed by atoms with E-state index >= 15 is 0 Å². The van der Waals surface area contributed by atoms with Crippen molar-refractivity contribution in [3.63, 3.8) is 0 Å². The first-order chi connectivity index (χ1) is 10.3. The maximum absolute atomic E-state index is 12.6. The second kappa shape index (κ2) is 6.42. The zero-order valence-electron chi connectivity index (χ0n) is 13.6. The molecule has 7 heteroatoms. The molecule has 0 N–H and O–H groups in total. The van der Waals surface area contributed by atoms with Gasteiger partial charge in [-0.05, 0) is 25.7 Å².